The lowest BCUT2D eigenvalue weighted by Crippen LogP contribution is -2.36. The monoisotopic (exact) mass is 655 g/mol. The van der Waals surface area contributed by atoms with Crippen molar-refractivity contribution < 1.29 is 9.18 Å². The molecule has 2 N–H and O–H groups in total. The van der Waals surface area contributed by atoms with Gasteiger partial charge in [-0.2, -0.15) is 0 Å². The fourth-order valence-corrected chi connectivity index (χ4v) is 6.51. The minimum absolute atomic E-state index is 0.226. The van der Waals surface area contributed by atoms with Crippen molar-refractivity contribution in [3.63, 3.8) is 0 Å². The Morgan fingerprint density at radius 2 is 1.54 bits per heavy atom. The number of rotatable bonds is 11. The SMILES string of the molecule is Cc1ccc(Cl)cc1-n1c(SCc2ccc(F)cc2)nnc1C(Cc1ccccc1)NC(=O)Nc1c(C(C)C)cccc1C(C)C. The van der Waals surface area contributed by atoms with Gasteiger partial charge in [-0.1, -0.05) is 118 Å². The molecule has 1 atom stereocenters. The predicted octanol–water partition coefficient (Wildman–Crippen LogP) is 10.0. The van der Waals surface area contributed by atoms with Gasteiger partial charge in [-0.15, -0.1) is 10.2 Å². The molecule has 0 radical (unpaired) electrons. The number of amides is 2. The largest absolute Gasteiger partial charge is 0.327 e. The summed E-state index contributed by atoms with van der Waals surface area (Å²) >= 11 is 8.00. The number of urea groups is 1. The molecule has 0 aliphatic heterocycles. The van der Waals surface area contributed by atoms with Crippen LogP contribution < -0.4 is 10.6 Å². The van der Waals surface area contributed by atoms with E-state index in [2.05, 4.69) is 60.7 Å². The maximum absolute atomic E-state index is 13.9. The van der Waals surface area contributed by atoms with Crippen LogP contribution in [-0.2, 0) is 12.2 Å². The zero-order valence-electron chi connectivity index (χ0n) is 26.7. The van der Waals surface area contributed by atoms with Crippen molar-refractivity contribution >= 4 is 35.1 Å². The first-order valence-corrected chi connectivity index (χ1v) is 16.8. The van der Waals surface area contributed by atoms with Crippen LogP contribution in [-0.4, -0.2) is 20.8 Å². The second-order valence-corrected chi connectivity index (χ2v) is 13.4. The van der Waals surface area contributed by atoms with Gasteiger partial charge >= 0.3 is 6.03 Å². The Kier molecular flexibility index (Phi) is 10.8. The normalized spacial score (nSPS) is 12.0. The Hall–Kier alpha value is -4.14. The fourth-order valence-electron chi connectivity index (χ4n) is 5.44. The van der Waals surface area contributed by atoms with E-state index in [1.54, 1.807) is 12.1 Å². The average Bonchev–Trinajstić information content (AvgIpc) is 3.45. The molecule has 0 spiro atoms. The molecule has 9 heteroatoms. The number of aromatic nitrogens is 3. The molecule has 0 fully saturated rings. The molecule has 238 valence electrons. The second-order valence-electron chi connectivity index (χ2n) is 12.0. The van der Waals surface area contributed by atoms with Crippen LogP contribution in [0.2, 0.25) is 5.02 Å². The van der Waals surface area contributed by atoms with Gasteiger partial charge in [-0.05, 0) is 70.8 Å². The smallest absolute Gasteiger partial charge is 0.319 e. The molecule has 46 heavy (non-hydrogen) atoms. The molecule has 1 aromatic heterocycles. The van der Waals surface area contributed by atoms with E-state index in [4.69, 9.17) is 11.6 Å². The molecule has 4 aromatic carbocycles. The lowest BCUT2D eigenvalue weighted by atomic mass is 9.93. The fraction of sp³-hybridized carbons (Fsp3) is 0.270. The van der Waals surface area contributed by atoms with Crippen molar-refractivity contribution in [2.24, 2.45) is 0 Å². The number of aryl methyl sites for hydroxylation is 1. The number of carbonyl (C=O) groups is 1. The molecule has 1 unspecified atom stereocenters. The first kappa shape index (κ1) is 33.2. The van der Waals surface area contributed by atoms with Gasteiger partial charge in [-0.3, -0.25) is 4.57 Å². The quantitative estimate of drug-likeness (QED) is 0.139. The summed E-state index contributed by atoms with van der Waals surface area (Å²) in [4.78, 5) is 13.9. The van der Waals surface area contributed by atoms with Gasteiger partial charge < -0.3 is 10.6 Å². The summed E-state index contributed by atoms with van der Waals surface area (Å²) in [6, 6.07) is 27.4. The van der Waals surface area contributed by atoms with Gasteiger partial charge in [0.2, 0.25) is 0 Å². The Balaban J connectivity index is 1.55. The van der Waals surface area contributed by atoms with E-state index in [0.29, 0.717) is 28.2 Å². The summed E-state index contributed by atoms with van der Waals surface area (Å²) in [5.41, 5.74) is 6.79. The highest BCUT2D eigenvalue weighted by molar-refractivity contribution is 7.98. The Morgan fingerprint density at radius 1 is 0.870 bits per heavy atom. The number of para-hydroxylation sites is 1. The lowest BCUT2D eigenvalue weighted by molar-refractivity contribution is 0.247. The number of hydrogen-bond acceptors (Lipinski definition) is 4. The number of benzene rings is 4. The Bertz CT molecular complexity index is 1760. The van der Waals surface area contributed by atoms with Gasteiger partial charge in [0.1, 0.15) is 5.82 Å². The molecule has 5 rings (SSSR count). The van der Waals surface area contributed by atoms with Crippen molar-refractivity contribution in [3.05, 3.63) is 135 Å². The zero-order chi connectivity index (χ0) is 32.8. The van der Waals surface area contributed by atoms with Gasteiger partial charge in [0, 0.05) is 22.9 Å². The summed E-state index contributed by atoms with van der Waals surface area (Å²) in [5.74, 6) is 1.30. The molecule has 5 aromatic rings. The van der Waals surface area contributed by atoms with Crippen LogP contribution in [0.15, 0.2) is 96.2 Å². The third-order valence-electron chi connectivity index (χ3n) is 7.86. The highest BCUT2D eigenvalue weighted by atomic mass is 35.5. The first-order chi connectivity index (χ1) is 22.1. The molecule has 0 aliphatic rings. The number of anilines is 1. The third kappa shape index (κ3) is 7.98. The van der Waals surface area contributed by atoms with Gasteiger partial charge in [0.15, 0.2) is 11.0 Å². The highest BCUT2D eigenvalue weighted by Gasteiger charge is 2.27. The molecule has 0 saturated heterocycles. The van der Waals surface area contributed by atoms with E-state index < -0.39 is 6.04 Å². The van der Waals surface area contributed by atoms with Crippen molar-refractivity contribution in [1.29, 1.82) is 0 Å². The first-order valence-electron chi connectivity index (χ1n) is 15.4. The van der Waals surface area contributed by atoms with Crippen LogP contribution in [0.1, 0.15) is 79.2 Å². The number of nitrogens with one attached hydrogen (secondary N) is 2. The topological polar surface area (TPSA) is 71.8 Å². The summed E-state index contributed by atoms with van der Waals surface area (Å²) in [5, 5.41) is 17.0. The molecule has 6 nitrogen and oxygen atoms in total. The van der Waals surface area contributed by atoms with E-state index in [0.717, 1.165) is 39.2 Å². The molecule has 1 heterocycles. The minimum atomic E-state index is -0.540. The number of halogens is 2. The zero-order valence-corrected chi connectivity index (χ0v) is 28.3. The summed E-state index contributed by atoms with van der Waals surface area (Å²) in [6.07, 6.45) is 0.484. The van der Waals surface area contributed by atoms with Gasteiger partial charge in [0.25, 0.3) is 0 Å². The molecule has 0 saturated carbocycles. The highest BCUT2D eigenvalue weighted by Crippen LogP contribution is 2.34. The van der Waals surface area contributed by atoms with Crippen LogP contribution >= 0.6 is 23.4 Å². The van der Waals surface area contributed by atoms with Crippen LogP contribution in [0.3, 0.4) is 0 Å². The average molecular weight is 656 g/mol. The van der Waals surface area contributed by atoms with E-state index in [1.165, 1.54) is 23.9 Å². The van der Waals surface area contributed by atoms with Crippen LogP contribution in [0.25, 0.3) is 5.69 Å². The van der Waals surface area contributed by atoms with Crippen molar-refractivity contribution in [1.82, 2.24) is 20.1 Å². The standard InChI is InChI=1S/C37H39ClFN5OS/c1-23(2)30-12-9-13-31(24(3)4)34(30)41-36(45)40-32(20-26-10-7-6-8-11-26)35-42-43-37(46-22-27-15-18-29(39)19-16-27)44(35)33-21-28(38)17-14-25(33)5/h6-19,21,23-24,32H,20,22H2,1-5H3,(H2,40,41,45). The third-order valence-corrected chi connectivity index (χ3v) is 9.10. The molecule has 0 aliphatic carbocycles. The maximum atomic E-state index is 13.9. The van der Waals surface area contributed by atoms with Crippen LogP contribution in [0.4, 0.5) is 14.9 Å². The number of thioether (sulfide) groups is 1. The molecule has 2 amide bonds. The Morgan fingerprint density at radius 3 is 2.20 bits per heavy atom. The second kappa shape index (κ2) is 15.0. The van der Waals surface area contributed by atoms with E-state index in [-0.39, 0.29) is 23.7 Å². The van der Waals surface area contributed by atoms with E-state index in [1.807, 2.05) is 66.1 Å². The molecule has 0 bridgehead atoms. The molecular weight excluding hydrogens is 617 g/mol. The molecular formula is C37H39ClFN5OS. The Labute approximate surface area is 279 Å². The lowest BCUT2D eigenvalue weighted by Gasteiger charge is -2.24. The van der Waals surface area contributed by atoms with Gasteiger partial charge in [0.05, 0.1) is 11.7 Å². The maximum Gasteiger partial charge on any atom is 0.319 e. The van der Waals surface area contributed by atoms with Crippen molar-refractivity contribution in [2.45, 2.75) is 69.8 Å². The summed E-state index contributed by atoms with van der Waals surface area (Å²) in [7, 11) is 0. The van der Waals surface area contributed by atoms with Gasteiger partial charge in [-0.25, -0.2) is 9.18 Å². The number of hydrogen-bond donors (Lipinski definition) is 2. The summed E-state index contributed by atoms with van der Waals surface area (Å²) < 4.78 is 15.5. The summed E-state index contributed by atoms with van der Waals surface area (Å²) in [6.45, 7) is 10.5. The number of nitrogens with zero attached hydrogens (tertiary/aromatic N) is 3. The number of carbonyl (C=O) groups excluding carboxylic acids is 1. The van der Waals surface area contributed by atoms with Crippen molar-refractivity contribution in [2.75, 3.05) is 5.32 Å². The minimum Gasteiger partial charge on any atom is -0.327 e. The van der Waals surface area contributed by atoms with E-state index in [9.17, 15) is 9.18 Å². The van der Waals surface area contributed by atoms with Crippen molar-refractivity contribution in [3.8, 4) is 5.69 Å². The van der Waals surface area contributed by atoms with E-state index >= 15 is 0 Å². The van der Waals surface area contributed by atoms with Crippen LogP contribution in [0.5, 0.6) is 0 Å². The van der Waals surface area contributed by atoms with Crippen LogP contribution in [0, 0.1) is 12.7 Å². The predicted molar refractivity (Wildman–Crippen MR) is 187 cm³/mol.